The first kappa shape index (κ1) is 15.7. The van der Waals surface area contributed by atoms with Gasteiger partial charge in [0.1, 0.15) is 5.82 Å². The van der Waals surface area contributed by atoms with Crippen molar-refractivity contribution in [2.75, 3.05) is 19.1 Å². The number of esters is 1. The molecule has 1 aromatic heterocycles. The molecule has 0 saturated heterocycles. The normalized spacial score (nSPS) is 10.5. The van der Waals surface area contributed by atoms with Crippen molar-refractivity contribution >= 4 is 17.7 Å². The van der Waals surface area contributed by atoms with Crippen LogP contribution in [0.4, 0.5) is 16.1 Å². The summed E-state index contributed by atoms with van der Waals surface area (Å²) in [7, 11) is 3.10. The number of aromatic nitrogens is 1. The lowest BCUT2D eigenvalue weighted by molar-refractivity contribution is 0.0601. The van der Waals surface area contributed by atoms with Crippen LogP contribution in [0.1, 0.15) is 10.4 Å². The Hall–Kier alpha value is -3.15. The van der Waals surface area contributed by atoms with E-state index in [1.54, 1.807) is 48.5 Å². The van der Waals surface area contributed by atoms with Crippen LogP contribution in [-0.4, -0.2) is 25.1 Å². The topological polar surface area (TPSA) is 55.6 Å². The summed E-state index contributed by atoms with van der Waals surface area (Å²) in [5.41, 5.74) is 1.89. The van der Waals surface area contributed by atoms with Crippen molar-refractivity contribution < 1.29 is 18.3 Å². The molecule has 24 heavy (non-hydrogen) atoms. The number of benzene rings is 2. The van der Waals surface area contributed by atoms with Gasteiger partial charge in [-0.1, -0.05) is 12.1 Å². The zero-order valence-electron chi connectivity index (χ0n) is 13.2. The van der Waals surface area contributed by atoms with Gasteiger partial charge in [-0.05, 0) is 36.4 Å². The number of carbonyl (C=O) groups is 1. The molecular weight excluding hydrogens is 311 g/mol. The number of hydrogen-bond acceptors (Lipinski definition) is 5. The summed E-state index contributed by atoms with van der Waals surface area (Å²) in [6.45, 7) is 0. The van der Waals surface area contributed by atoms with E-state index < -0.39 is 5.97 Å². The van der Waals surface area contributed by atoms with Crippen molar-refractivity contribution in [1.82, 2.24) is 4.98 Å². The minimum atomic E-state index is -0.417. The fraction of sp³-hybridized carbons (Fsp3) is 0.111. The number of halogens is 1. The van der Waals surface area contributed by atoms with Gasteiger partial charge in [0.25, 0.3) is 0 Å². The zero-order valence-corrected chi connectivity index (χ0v) is 13.2. The molecule has 0 radical (unpaired) electrons. The van der Waals surface area contributed by atoms with E-state index in [4.69, 9.17) is 9.15 Å². The van der Waals surface area contributed by atoms with Gasteiger partial charge in [-0.15, -0.1) is 0 Å². The fourth-order valence-corrected chi connectivity index (χ4v) is 2.25. The predicted molar refractivity (Wildman–Crippen MR) is 87.7 cm³/mol. The van der Waals surface area contributed by atoms with Crippen molar-refractivity contribution in [2.24, 2.45) is 0 Å². The van der Waals surface area contributed by atoms with Gasteiger partial charge in [0.05, 0.1) is 18.9 Å². The molecule has 6 heteroatoms. The van der Waals surface area contributed by atoms with Gasteiger partial charge in [0.15, 0.2) is 5.76 Å². The van der Waals surface area contributed by atoms with E-state index in [0.29, 0.717) is 22.9 Å². The lowest BCUT2D eigenvalue weighted by Gasteiger charge is -2.14. The molecule has 0 spiro atoms. The van der Waals surface area contributed by atoms with Crippen molar-refractivity contribution in [3.63, 3.8) is 0 Å². The molecule has 1 heterocycles. The summed E-state index contributed by atoms with van der Waals surface area (Å²) >= 11 is 0. The first-order valence-electron chi connectivity index (χ1n) is 7.22. The zero-order chi connectivity index (χ0) is 17.1. The molecule has 0 fully saturated rings. The quantitative estimate of drug-likeness (QED) is 0.677. The Morgan fingerprint density at radius 3 is 2.67 bits per heavy atom. The molecule has 5 nitrogen and oxygen atoms in total. The van der Waals surface area contributed by atoms with E-state index in [2.05, 4.69) is 4.98 Å². The van der Waals surface area contributed by atoms with E-state index in [9.17, 15) is 9.18 Å². The standard InChI is InChI=1S/C18H15FN2O3/c1-21(15-8-6-14(19)7-9-15)18-20-11-16(24-18)12-4-3-5-13(10-12)17(22)23-2/h3-11H,1-2H3. The average molecular weight is 326 g/mol. The Morgan fingerprint density at radius 1 is 1.21 bits per heavy atom. The molecule has 0 saturated carbocycles. The molecular formula is C18H15FN2O3. The van der Waals surface area contributed by atoms with Crippen molar-refractivity contribution in [2.45, 2.75) is 0 Å². The van der Waals surface area contributed by atoms with Crippen LogP contribution in [0.25, 0.3) is 11.3 Å². The van der Waals surface area contributed by atoms with Crippen LogP contribution in [0.3, 0.4) is 0 Å². The van der Waals surface area contributed by atoms with Gasteiger partial charge >= 0.3 is 12.0 Å². The maximum absolute atomic E-state index is 13.0. The highest BCUT2D eigenvalue weighted by Crippen LogP contribution is 2.28. The predicted octanol–water partition coefficient (Wildman–Crippen LogP) is 4.04. The summed E-state index contributed by atoms with van der Waals surface area (Å²) in [5, 5.41) is 0. The highest BCUT2D eigenvalue weighted by atomic mass is 19.1. The highest BCUT2D eigenvalue weighted by Gasteiger charge is 2.14. The minimum absolute atomic E-state index is 0.306. The lowest BCUT2D eigenvalue weighted by atomic mass is 10.1. The third-order valence-corrected chi connectivity index (χ3v) is 3.56. The Labute approximate surface area is 138 Å². The number of rotatable bonds is 4. The number of oxazole rings is 1. The maximum Gasteiger partial charge on any atom is 0.337 e. The van der Waals surface area contributed by atoms with Crippen molar-refractivity contribution in [1.29, 1.82) is 0 Å². The molecule has 3 rings (SSSR count). The summed E-state index contributed by atoms with van der Waals surface area (Å²) in [6, 6.07) is 13.3. The SMILES string of the molecule is COC(=O)c1cccc(-c2cnc(N(C)c3ccc(F)cc3)o2)c1. The van der Waals surface area contributed by atoms with Crippen molar-refractivity contribution in [3.8, 4) is 11.3 Å². The van der Waals surface area contributed by atoms with Crippen LogP contribution in [-0.2, 0) is 4.74 Å². The number of ether oxygens (including phenoxy) is 1. The Kier molecular flexibility index (Phi) is 4.29. The Morgan fingerprint density at radius 2 is 1.96 bits per heavy atom. The number of hydrogen-bond donors (Lipinski definition) is 0. The first-order chi connectivity index (χ1) is 11.6. The molecule has 0 aliphatic heterocycles. The first-order valence-corrected chi connectivity index (χ1v) is 7.22. The number of carbonyl (C=O) groups excluding carboxylic acids is 1. The molecule has 0 unspecified atom stereocenters. The number of methoxy groups -OCH3 is 1. The third kappa shape index (κ3) is 3.12. The maximum atomic E-state index is 13.0. The highest BCUT2D eigenvalue weighted by molar-refractivity contribution is 5.90. The second-order valence-electron chi connectivity index (χ2n) is 5.11. The van der Waals surface area contributed by atoms with Crippen LogP contribution in [0.5, 0.6) is 0 Å². The fourth-order valence-electron chi connectivity index (χ4n) is 2.25. The molecule has 0 atom stereocenters. The van der Waals surface area contributed by atoms with Crippen LogP contribution in [0.15, 0.2) is 59.1 Å². The molecule has 0 N–H and O–H groups in total. The molecule has 3 aromatic rings. The van der Waals surface area contributed by atoms with E-state index >= 15 is 0 Å². The molecule has 0 amide bonds. The van der Waals surface area contributed by atoms with E-state index in [1.807, 2.05) is 6.07 Å². The van der Waals surface area contributed by atoms with Gasteiger partial charge in [0.2, 0.25) is 0 Å². The largest absolute Gasteiger partial charge is 0.465 e. The van der Waals surface area contributed by atoms with Gasteiger partial charge in [-0.3, -0.25) is 4.90 Å². The lowest BCUT2D eigenvalue weighted by Crippen LogP contribution is -2.09. The molecule has 0 aliphatic rings. The smallest absolute Gasteiger partial charge is 0.337 e. The van der Waals surface area contributed by atoms with Gasteiger partial charge < -0.3 is 9.15 Å². The number of anilines is 2. The van der Waals surface area contributed by atoms with E-state index in [-0.39, 0.29) is 5.82 Å². The summed E-state index contributed by atoms with van der Waals surface area (Å²) < 4.78 is 23.5. The number of nitrogens with zero attached hydrogens (tertiary/aromatic N) is 2. The Bertz CT molecular complexity index is 859. The minimum Gasteiger partial charge on any atom is -0.465 e. The van der Waals surface area contributed by atoms with Crippen LogP contribution in [0, 0.1) is 5.82 Å². The molecule has 0 aliphatic carbocycles. The molecule has 2 aromatic carbocycles. The average Bonchev–Trinajstić information content (AvgIpc) is 3.11. The van der Waals surface area contributed by atoms with Gasteiger partial charge in [0, 0.05) is 18.3 Å². The van der Waals surface area contributed by atoms with Crippen LogP contribution in [0.2, 0.25) is 0 Å². The summed E-state index contributed by atoms with van der Waals surface area (Å²) in [4.78, 5) is 17.6. The van der Waals surface area contributed by atoms with Gasteiger partial charge in [-0.25, -0.2) is 14.2 Å². The van der Waals surface area contributed by atoms with Crippen molar-refractivity contribution in [3.05, 3.63) is 66.1 Å². The Balaban J connectivity index is 1.88. The second kappa shape index (κ2) is 6.54. The molecule has 0 bridgehead atoms. The van der Waals surface area contributed by atoms with Crippen LogP contribution >= 0.6 is 0 Å². The van der Waals surface area contributed by atoms with E-state index in [0.717, 1.165) is 5.69 Å². The third-order valence-electron chi connectivity index (χ3n) is 3.56. The summed E-state index contributed by atoms with van der Waals surface area (Å²) in [6.07, 6.45) is 1.58. The van der Waals surface area contributed by atoms with Crippen LogP contribution < -0.4 is 4.90 Å². The molecule has 122 valence electrons. The second-order valence-corrected chi connectivity index (χ2v) is 5.11. The summed E-state index contributed by atoms with van der Waals surface area (Å²) in [5.74, 6) is -0.204. The van der Waals surface area contributed by atoms with E-state index in [1.165, 1.54) is 19.2 Å². The monoisotopic (exact) mass is 326 g/mol. The van der Waals surface area contributed by atoms with Gasteiger partial charge in [-0.2, -0.15) is 0 Å².